The lowest BCUT2D eigenvalue weighted by atomic mass is 9.89. The fourth-order valence-corrected chi connectivity index (χ4v) is 6.06. The van der Waals surface area contributed by atoms with Gasteiger partial charge in [0, 0.05) is 5.69 Å². The highest BCUT2D eigenvalue weighted by Gasteiger charge is 2.44. The standard InChI is InChI=1S/C27H39NO8S/c1-14(2)17-11-20(15(3)4)26(21(12-17)16(5)6)37(33,34)28-18-7-9-19(10-8-18)35-27-25(32)24(31)23(30)22(13-29)36-27/h7-12,14-16,22-25,27-32H,13H2,1-6H3/t22-,23-,24+,25-,27+/m1/s1. The van der Waals surface area contributed by atoms with E-state index in [0.717, 1.165) is 16.7 Å². The molecule has 2 aromatic rings. The summed E-state index contributed by atoms with van der Waals surface area (Å²) in [4.78, 5) is 0.295. The van der Waals surface area contributed by atoms with Crippen molar-refractivity contribution in [3.63, 3.8) is 0 Å². The Balaban J connectivity index is 1.86. The summed E-state index contributed by atoms with van der Waals surface area (Å²) in [5.41, 5.74) is 2.95. The van der Waals surface area contributed by atoms with Crippen LogP contribution in [-0.2, 0) is 14.8 Å². The van der Waals surface area contributed by atoms with Gasteiger partial charge in [-0.3, -0.25) is 4.72 Å². The number of aliphatic hydroxyl groups excluding tert-OH is 4. The minimum absolute atomic E-state index is 0.00270. The lowest BCUT2D eigenvalue weighted by molar-refractivity contribution is -0.277. The Morgan fingerprint density at radius 1 is 0.865 bits per heavy atom. The molecule has 1 aliphatic rings. The van der Waals surface area contributed by atoms with Crippen LogP contribution in [0.3, 0.4) is 0 Å². The van der Waals surface area contributed by atoms with Crippen molar-refractivity contribution in [2.75, 3.05) is 11.3 Å². The highest BCUT2D eigenvalue weighted by molar-refractivity contribution is 7.92. The molecule has 2 aromatic carbocycles. The van der Waals surface area contributed by atoms with Crippen molar-refractivity contribution >= 4 is 15.7 Å². The average Bonchev–Trinajstić information content (AvgIpc) is 2.84. The number of sulfonamides is 1. The van der Waals surface area contributed by atoms with Crippen LogP contribution in [0.2, 0.25) is 0 Å². The van der Waals surface area contributed by atoms with Crippen LogP contribution in [0.15, 0.2) is 41.3 Å². The topological polar surface area (TPSA) is 146 Å². The summed E-state index contributed by atoms with van der Waals surface area (Å²) in [6, 6.07) is 9.98. The SMILES string of the molecule is CC(C)c1cc(C(C)C)c(S(=O)(=O)Nc2ccc(O[C@H]3O[C@H](CO)[C@@H](O)[C@H](O)[C@H]3O)cc2)c(C(C)C)c1. The van der Waals surface area contributed by atoms with Crippen LogP contribution < -0.4 is 9.46 Å². The molecular weight excluding hydrogens is 498 g/mol. The average molecular weight is 538 g/mol. The number of hydrogen-bond acceptors (Lipinski definition) is 8. The summed E-state index contributed by atoms with van der Waals surface area (Å²) in [5, 5.41) is 39.4. The van der Waals surface area contributed by atoms with Gasteiger partial charge in [0.15, 0.2) is 0 Å². The quantitative estimate of drug-likeness (QED) is 0.328. The molecule has 0 aromatic heterocycles. The number of nitrogens with one attached hydrogen (secondary N) is 1. The van der Waals surface area contributed by atoms with Crippen molar-refractivity contribution in [1.29, 1.82) is 0 Å². The van der Waals surface area contributed by atoms with Gasteiger partial charge >= 0.3 is 0 Å². The Kier molecular flexibility index (Phi) is 9.26. The molecule has 3 rings (SSSR count). The van der Waals surface area contributed by atoms with Crippen LogP contribution in [0, 0.1) is 0 Å². The number of hydrogen-bond donors (Lipinski definition) is 5. The summed E-state index contributed by atoms with van der Waals surface area (Å²) in [5.74, 6) is 0.490. The molecule has 5 N–H and O–H groups in total. The molecule has 0 spiro atoms. The van der Waals surface area contributed by atoms with Crippen LogP contribution in [0.5, 0.6) is 5.75 Å². The maximum absolute atomic E-state index is 13.6. The molecule has 0 radical (unpaired) electrons. The van der Waals surface area contributed by atoms with Crippen LogP contribution in [0.1, 0.15) is 76.0 Å². The van der Waals surface area contributed by atoms with E-state index in [-0.39, 0.29) is 23.5 Å². The minimum Gasteiger partial charge on any atom is -0.462 e. The lowest BCUT2D eigenvalue weighted by Gasteiger charge is -2.39. The van der Waals surface area contributed by atoms with Gasteiger partial charge in [-0.2, -0.15) is 0 Å². The second kappa shape index (κ2) is 11.7. The molecule has 0 bridgehead atoms. The van der Waals surface area contributed by atoms with E-state index >= 15 is 0 Å². The summed E-state index contributed by atoms with van der Waals surface area (Å²) < 4.78 is 40.9. The van der Waals surface area contributed by atoms with Crippen molar-refractivity contribution in [1.82, 2.24) is 0 Å². The zero-order chi connectivity index (χ0) is 27.7. The molecule has 1 aliphatic heterocycles. The Morgan fingerprint density at radius 2 is 1.41 bits per heavy atom. The predicted molar refractivity (Wildman–Crippen MR) is 140 cm³/mol. The van der Waals surface area contributed by atoms with Gasteiger partial charge in [0.2, 0.25) is 6.29 Å². The van der Waals surface area contributed by atoms with Gasteiger partial charge in [0.05, 0.1) is 11.5 Å². The van der Waals surface area contributed by atoms with Gasteiger partial charge in [-0.15, -0.1) is 0 Å². The van der Waals surface area contributed by atoms with E-state index in [4.69, 9.17) is 9.47 Å². The molecule has 1 saturated heterocycles. The van der Waals surface area contributed by atoms with Gasteiger partial charge in [0.1, 0.15) is 30.2 Å². The van der Waals surface area contributed by atoms with E-state index in [1.807, 2.05) is 39.8 Å². The second-order valence-electron chi connectivity index (χ2n) is 10.4. The third-order valence-electron chi connectivity index (χ3n) is 6.56. The van der Waals surface area contributed by atoms with Gasteiger partial charge in [0.25, 0.3) is 10.0 Å². The minimum atomic E-state index is -3.92. The predicted octanol–water partition coefficient (Wildman–Crippen LogP) is 3.04. The molecule has 0 saturated carbocycles. The first-order valence-corrected chi connectivity index (χ1v) is 14.0. The third-order valence-corrected chi connectivity index (χ3v) is 8.07. The first-order valence-electron chi connectivity index (χ1n) is 12.5. The molecule has 1 fully saturated rings. The fraction of sp³-hybridized carbons (Fsp3) is 0.556. The highest BCUT2D eigenvalue weighted by Crippen LogP contribution is 2.36. The van der Waals surface area contributed by atoms with Crippen LogP contribution in [0.4, 0.5) is 5.69 Å². The van der Waals surface area contributed by atoms with Crippen LogP contribution in [-0.4, -0.2) is 66.2 Å². The van der Waals surface area contributed by atoms with Gasteiger partial charge in [-0.05, 0) is 58.7 Å². The van der Waals surface area contributed by atoms with Crippen molar-refractivity contribution in [3.05, 3.63) is 53.1 Å². The van der Waals surface area contributed by atoms with Crippen LogP contribution in [0.25, 0.3) is 0 Å². The molecule has 37 heavy (non-hydrogen) atoms. The first-order chi connectivity index (χ1) is 17.3. The van der Waals surface area contributed by atoms with Gasteiger partial charge in [-0.1, -0.05) is 53.7 Å². The van der Waals surface area contributed by atoms with Crippen molar-refractivity contribution < 1.29 is 38.3 Å². The molecule has 1 heterocycles. The zero-order valence-electron chi connectivity index (χ0n) is 22.1. The fourth-order valence-electron chi connectivity index (χ4n) is 4.31. The van der Waals surface area contributed by atoms with E-state index in [0.29, 0.717) is 10.6 Å². The summed E-state index contributed by atoms with van der Waals surface area (Å²) in [6.07, 6.45) is -7.03. The number of aliphatic hydroxyl groups is 4. The smallest absolute Gasteiger partial charge is 0.262 e. The molecule has 10 heteroatoms. The Hall–Kier alpha value is -2.21. The molecule has 0 amide bonds. The van der Waals surface area contributed by atoms with E-state index in [1.165, 1.54) is 24.3 Å². The number of ether oxygens (including phenoxy) is 2. The molecule has 9 nitrogen and oxygen atoms in total. The molecule has 0 aliphatic carbocycles. The maximum Gasteiger partial charge on any atom is 0.262 e. The van der Waals surface area contributed by atoms with E-state index in [9.17, 15) is 28.8 Å². The maximum atomic E-state index is 13.6. The summed E-state index contributed by atoms with van der Waals surface area (Å²) in [6.45, 7) is 11.5. The Bertz CT molecular complexity index is 1130. The summed E-state index contributed by atoms with van der Waals surface area (Å²) in [7, 11) is -3.92. The van der Waals surface area contributed by atoms with E-state index in [2.05, 4.69) is 18.6 Å². The lowest BCUT2D eigenvalue weighted by Crippen LogP contribution is -2.60. The van der Waals surface area contributed by atoms with Crippen LogP contribution >= 0.6 is 0 Å². The number of benzene rings is 2. The Morgan fingerprint density at radius 3 is 1.86 bits per heavy atom. The van der Waals surface area contributed by atoms with Gasteiger partial charge < -0.3 is 29.9 Å². The van der Waals surface area contributed by atoms with Crippen molar-refractivity contribution in [2.24, 2.45) is 0 Å². The van der Waals surface area contributed by atoms with E-state index < -0.39 is 47.3 Å². The van der Waals surface area contributed by atoms with Crippen molar-refractivity contribution in [3.8, 4) is 5.75 Å². The number of rotatable bonds is 9. The molecule has 206 valence electrons. The number of anilines is 1. The zero-order valence-corrected chi connectivity index (χ0v) is 22.9. The van der Waals surface area contributed by atoms with Crippen molar-refractivity contribution in [2.45, 2.75) is 94.9 Å². The summed E-state index contributed by atoms with van der Waals surface area (Å²) >= 11 is 0. The molecular formula is C27H39NO8S. The normalized spacial score (nSPS) is 24.6. The second-order valence-corrected chi connectivity index (χ2v) is 12.1. The Labute approximate surface area is 219 Å². The van der Waals surface area contributed by atoms with E-state index in [1.54, 1.807) is 0 Å². The molecule has 5 atom stereocenters. The molecule has 0 unspecified atom stereocenters. The monoisotopic (exact) mass is 537 g/mol. The largest absolute Gasteiger partial charge is 0.462 e. The van der Waals surface area contributed by atoms with Gasteiger partial charge in [-0.25, -0.2) is 8.42 Å². The highest BCUT2D eigenvalue weighted by atomic mass is 32.2. The third kappa shape index (κ3) is 6.45. The first kappa shape index (κ1) is 29.3.